The lowest BCUT2D eigenvalue weighted by atomic mass is 10.1. The molecule has 7 heteroatoms. The van der Waals surface area contributed by atoms with Gasteiger partial charge in [0, 0.05) is 12.1 Å². The molecule has 0 atom stereocenters. The summed E-state index contributed by atoms with van der Waals surface area (Å²) in [5.74, 6) is 6.26. The van der Waals surface area contributed by atoms with Crippen molar-refractivity contribution in [2.45, 2.75) is 20.0 Å². The van der Waals surface area contributed by atoms with Gasteiger partial charge < -0.3 is 11.1 Å². The highest BCUT2D eigenvalue weighted by Gasteiger charge is 2.29. The van der Waals surface area contributed by atoms with E-state index < -0.39 is 11.7 Å². The molecule has 1 aromatic carbocycles. The predicted octanol–water partition coefficient (Wildman–Crippen LogP) is 3.24. The number of nitrogens with one attached hydrogen (secondary N) is 1. The van der Waals surface area contributed by atoms with Gasteiger partial charge in [0.1, 0.15) is 0 Å². The van der Waals surface area contributed by atoms with Crippen molar-refractivity contribution in [1.82, 2.24) is 5.32 Å². The number of aliphatic imine (C=N–C) groups is 1. The molecule has 0 aromatic heterocycles. The van der Waals surface area contributed by atoms with Crippen LogP contribution in [0.5, 0.6) is 0 Å². The lowest BCUT2D eigenvalue weighted by Gasteiger charge is -2.05. The molecule has 0 radical (unpaired) electrons. The number of alkyl halides is 3. The Labute approximate surface area is 145 Å². The molecule has 1 rings (SSSR count). The summed E-state index contributed by atoms with van der Waals surface area (Å²) in [7, 11) is 0. The average Bonchev–Trinajstić information content (AvgIpc) is 2.41. The van der Waals surface area contributed by atoms with Crippen molar-refractivity contribution in [2.75, 3.05) is 13.1 Å². The summed E-state index contributed by atoms with van der Waals surface area (Å²) in [5.41, 5.74) is 5.45. The topological polar surface area (TPSA) is 50.4 Å². The summed E-state index contributed by atoms with van der Waals surface area (Å²) < 4.78 is 37.1. The SMILES string of the molecule is CC(C)CN=C(N)NCC#Cc1ccc(C(F)(F)F)cc1.I. The van der Waals surface area contributed by atoms with Crippen LogP contribution in [0.15, 0.2) is 29.3 Å². The first-order valence-corrected chi connectivity index (χ1v) is 6.49. The maximum absolute atomic E-state index is 12.4. The van der Waals surface area contributed by atoms with Gasteiger partial charge >= 0.3 is 6.18 Å². The fourth-order valence-electron chi connectivity index (χ4n) is 1.36. The number of halogens is 4. The molecular weight excluding hydrogens is 406 g/mol. The Morgan fingerprint density at radius 3 is 2.36 bits per heavy atom. The molecule has 122 valence electrons. The van der Waals surface area contributed by atoms with Crippen molar-refractivity contribution in [2.24, 2.45) is 16.6 Å². The molecule has 0 saturated carbocycles. The Morgan fingerprint density at radius 1 is 1.27 bits per heavy atom. The second kappa shape index (κ2) is 9.56. The summed E-state index contributed by atoms with van der Waals surface area (Å²) in [5, 5.41) is 2.82. The molecule has 0 unspecified atom stereocenters. The van der Waals surface area contributed by atoms with Crippen molar-refractivity contribution < 1.29 is 13.2 Å². The van der Waals surface area contributed by atoms with Gasteiger partial charge in [-0.15, -0.1) is 24.0 Å². The molecule has 0 heterocycles. The van der Waals surface area contributed by atoms with Crippen LogP contribution in [0, 0.1) is 17.8 Å². The van der Waals surface area contributed by atoms with E-state index in [4.69, 9.17) is 5.73 Å². The molecule has 0 saturated heterocycles. The number of hydrogen-bond acceptors (Lipinski definition) is 1. The van der Waals surface area contributed by atoms with Crippen LogP contribution in [0.4, 0.5) is 13.2 Å². The minimum Gasteiger partial charge on any atom is -0.370 e. The van der Waals surface area contributed by atoms with Crippen LogP contribution in [0.1, 0.15) is 25.0 Å². The van der Waals surface area contributed by atoms with E-state index in [1.54, 1.807) is 0 Å². The summed E-state index contributed by atoms with van der Waals surface area (Å²) in [4.78, 5) is 4.10. The lowest BCUT2D eigenvalue weighted by molar-refractivity contribution is -0.137. The summed E-state index contributed by atoms with van der Waals surface area (Å²) in [6.45, 7) is 4.97. The Hall–Kier alpha value is -1.43. The zero-order chi connectivity index (χ0) is 15.9. The molecule has 3 nitrogen and oxygen atoms in total. The third-order valence-electron chi connectivity index (χ3n) is 2.43. The van der Waals surface area contributed by atoms with Gasteiger partial charge in [0.05, 0.1) is 12.1 Å². The van der Waals surface area contributed by atoms with E-state index in [9.17, 15) is 13.2 Å². The maximum Gasteiger partial charge on any atom is 0.416 e. The lowest BCUT2D eigenvalue weighted by Crippen LogP contribution is -2.32. The third-order valence-corrected chi connectivity index (χ3v) is 2.43. The largest absolute Gasteiger partial charge is 0.416 e. The van der Waals surface area contributed by atoms with Crippen molar-refractivity contribution in [1.29, 1.82) is 0 Å². The molecule has 0 aliphatic rings. The molecule has 22 heavy (non-hydrogen) atoms. The highest BCUT2D eigenvalue weighted by atomic mass is 127. The summed E-state index contributed by atoms with van der Waals surface area (Å²) in [6, 6.07) is 4.70. The maximum atomic E-state index is 12.4. The Morgan fingerprint density at radius 2 is 1.86 bits per heavy atom. The van der Waals surface area contributed by atoms with E-state index in [-0.39, 0.29) is 30.5 Å². The van der Waals surface area contributed by atoms with Gasteiger partial charge in [-0.25, -0.2) is 0 Å². The number of guanidine groups is 1. The second-order valence-electron chi connectivity index (χ2n) is 4.85. The minimum atomic E-state index is -4.32. The number of nitrogens with zero attached hydrogens (tertiary/aromatic N) is 1. The average molecular weight is 425 g/mol. The van der Waals surface area contributed by atoms with Crippen LogP contribution >= 0.6 is 24.0 Å². The number of benzene rings is 1. The van der Waals surface area contributed by atoms with Crippen LogP contribution in [0.25, 0.3) is 0 Å². The standard InChI is InChI=1S/C15H18F3N3.HI/c1-11(2)10-21-14(19)20-9-3-4-12-5-7-13(8-6-12)15(16,17)18;/h5-8,11H,9-10H2,1-2H3,(H3,19,20,21);1H. The molecule has 0 fully saturated rings. The highest BCUT2D eigenvalue weighted by Crippen LogP contribution is 2.28. The van der Waals surface area contributed by atoms with Gasteiger partial charge in [-0.05, 0) is 30.2 Å². The number of rotatable bonds is 3. The van der Waals surface area contributed by atoms with Crippen LogP contribution in [-0.4, -0.2) is 19.0 Å². The Balaban J connectivity index is 0.00000441. The molecular formula is C15H19F3IN3. The Bertz CT molecular complexity index is 540. The van der Waals surface area contributed by atoms with Crippen molar-refractivity contribution in [3.8, 4) is 11.8 Å². The van der Waals surface area contributed by atoms with E-state index in [0.717, 1.165) is 12.1 Å². The third kappa shape index (κ3) is 8.12. The van der Waals surface area contributed by atoms with Crippen LogP contribution < -0.4 is 11.1 Å². The van der Waals surface area contributed by atoms with Gasteiger partial charge in [-0.2, -0.15) is 13.2 Å². The van der Waals surface area contributed by atoms with E-state index in [2.05, 4.69) is 22.2 Å². The van der Waals surface area contributed by atoms with Crippen molar-refractivity contribution in [3.63, 3.8) is 0 Å². The monoisotopic (exact) mass is 425 g/mol. The first-order valence-electron chi connectivity index (χ1n) is 6.49. The molecule has 0 bridgehead atoms. The van der Waals surface area contributed by atoms with Crippen LogP contribution in [0.2, 0.25) is 0 Å². The van der Waals surface area contributed by atoms with Gasteiger partial charge in [-0.3, -0.25) is 4.99 Å². The zero-order valence-corrected chi connectivity index (χ0v) is 14.7. The summed E-state index contributed by atoms with van der Waals surface area (Å²) >= 11 is 0. The first kappa shape index (κ1) is 20.6. The molecule has 0 aliphatic carbocycles. The van der Waals surface area contributed by atoms with Crippen LogP contribution in [-0.2, 0) is 6.18 Å². The molecule has 1 aromatic rings. The molecule has 0 spiro atoms. The van der Waals surface area contributed by atoms with E-state index >= 15 is 0 Å². The quantitative estimate of drug-likeness (QED) is 0.338. The molecule has 3 N–H and O–H groups in total. The van der Waals surface area contributed by atoms with Crippen molar-refractivity contribution >= 4 is 29.9 Å². The van der Waals surface area contributed by atoms with Gasteiger partial charge in [0.2, 0.25) is 0 Å². The van der Waals surface area contributed by atoms with E-state index in [1.807, 2.05) is 13.8 Å². The molecule has 0 aliphatic heterocycles. The minimum absolute atomic E-state index is 0. The normalized spacial score (nSPS) is 11.5. The second-order valence-corrected chi connectivity index (χ2v) is 4.85. The summed E-state index contributed by atoms with van der Waals surface area (Å²) in [6.07, 6.45) is -4.32. The van der Waals surface area contributed by atoms with Gasteiger partial charge in [0.15, 0.2) is 5.96 Å². The smallest absolute Gasteiger partial charge is 0.370 e. The predicted molar refractivity (Wildman–Crippen MR) is 93.1 cm³/mol. The number of hydrogen-bond donors (Lipinski definition) is 2. The van der Waals surface area contributed by atoms with E-state index in [1.165, 1.54) is 12.1 Å². The highest BCUT2D eigenvalue weighted by molar-refractivity contribution is 14.0. The van der Waals surface area contributed by atoms with E-state index in [0.29, 0.717) is 24.0 Å². The fourth-order valence-corrected chi connectivity index (χ4v) is 1.36. The molecule has 0 amide bonds. The first-order chi connectivity index (χ1) is 9.79. The zero-order valence-electron chi connectivity index (χ0n) is 12.4. The van der Waals surface area contributed by atoms with Crippen LogP contribution in [0.3, 0.4) is 0 Å². The van der Waals surface area contributed by atoms with Crippen molar-refractivity contribution in [3.05, 3.63) is 35.4 Å². The van der Waals surface area contributed by atoms with Gasteiger partial charge in [-0.1, -0.05) is 25.7 Å². The number of nitrogens with two attached hydrogens (primary N) is 1. The Kier molecular flexibility index (Phi) is 8.94. The fraction of sp³-hybridized carbons (Fsp3) is 0.400. The van der Waals surface area contributed by atoms with Gasteiger partial charge in [0.25, 0.3) is 0 Å².